The van der Waals surface area contributed by atoms with E-state index >= 15 is 0 Å². The minimum Gasteiger partial charge on any atom is -0.496 e. The number of hydrogen-bond acceptors (Lipinski definition) is 2. The monoisotopic (exact) mass is 350 g/mol. The molecule has 0 N–H and O–H groups in total. The summed E-state index contributed by atoms with van der Waals surface area (Å²) in [6.45, 7) is 4.29. The average Bonchev–Trinajstić information content (AvgIpc) is 2.96. The first-order valence-electron chi connectivity index (χ1n) is 7.36. The Balaban J connectivity index is 2.05. The second-order valence-electron chi connectivity index (χ2n) is 5.62. The fourth-order valence-electron chi connectivity index (χ4n) is 2.43. The Kier molecular flexibility index (Phi) is 5.85. The molecule has 0 aliphatic rings. The van der Waals surface area contributed by atoms with E-state index in [-0.39, 0.29) is 0 Å². The molecule has 0 saturated heterocycles. The van der Waals surface area contributed by atoms with Gasteiger partial charge in [0.15, 0.2) is 0 Å². The summed E-state index contributed by atoms with van der Waals surface area (Å²) in [4.78, 5) is 0. The van der Waals surface area contributed by atoms with Gasteiger partial charge in [-0.15, -0.1) is 0 Å². The lowest BCUT2D eigenvalue weighted by atomic mass is 9.96. The molecule has 1 unspecified atom stereocenters. The maximum absolute atomic E-state index is 5.44. The lowest BCUT2D eigenvalue weighted by Gasteiger charge is -2.15. The summed E-state index contributed by atoms with van der Waals surface area (Å²) < 4.78 is 7.46. The summed E-state index contributed by atoms with van der Waals surface area (Å²) in [5, 5.41) is 5.60. The molecular weight excluding hydrogens is 328 g/mol. The van der Waals surface area contributed by atoms with Crippen LogP contribution < -0.4 is 4.74 Å². The predicted molar refractivity (Wildman–Crippen MR) is 90.3 cm³/mol. The number of rotatable bonds is 7. The third kappa shape index (κ3) is 4.34. The van der Waals surface area contributed by atoms with E-state index in [0.717, 1.165) is 29.6 Å². The molecule has 1 atom stereocenters. The van der Waals surface area contributed by atoms with Crippen molar-refractivity contribution in [3.8, 4) is 5.75 Å². The Morgan fingerprint density at radius 3 is 2.57 bits per heavy atom. The Morgan fingerprint density at radius 1 is 1.19 bits per heavy atom. The van der Waals surface area contributed by atoms with Crippen LogP contribution in [-0.4, -0.2) is 22.2 Å². The molecule has 2 rings (SSSR count). The molecule has 0 aliphatic carbocycles. The number of methoxy groups -OCH3 is 1. The van der Waals surface area contributed by atoms with E-state index in [4.69, 9.17) is 4.74 Å². The molecular formula is C17H23BrN2O. The number of nitrogens with zero attached hydrogens (tertiary/aromatic N) is 2. The highest BCUT2D eigenvalue weighted by Crippen LogP contribution is 2.23. The Morgan fingerprint density at radius 2 is 1.95 bits per heavy atom. The third-order valence-electron chi connectivity index (χ3n) is 3.61. The van der Waals surface area contributed by atoms with Crippen LogP contribution in [0.15, 0.2) is 36.5 Å². The van der Waals surface area contributed by atoms with Crippen LogP contribution in [0.4, 0.5) is 0 Å². The first kappa shape index (κ1) is 16.1. The fraction of sp³-hybridized carbons (Fsp3) is 0.471. The van der Waals surface area contributed by atoms with Crippen LogP contribution >= 0.6 is 15.9 Å². The van der Waals surface area contributed by atoms with Crippen molar-refractivity contribution in [3.05, 3.63) is 47.8 Å². The zero-order chi connectivity index (χ0) is 15.2. The van der Waals surface area contributed by atoms with E-state index in [2.05, 4.69) is 59.3 Å². The highest BCUT2D eigenvalue weighted by molar-refractivity contribution is 9.09. The molecule has 114 valence electrons. The quantitative estimate of drug-likeness (QED) is 0.697. The first-order valence-corrected chi connectivity index (χ1v) is 8.48. The standard InChI is InChI=1S/C17H23BrN2O/c1-13(2)20-9-8-16(19-20)11-14(12-18)10-15-6-4-5-7-17(15)21-3/h4-9,13-14H,10-12H2,1-3H3. The van der Waals surface area contributed by atoms with Crippen LogP contribution in [-0.2, 0) is 12.8 Å². The number of alkyl halides is 1. The number of benzene rings is 1. The lowest BCUT2D eigenvalue weighted by molar-refractivity contribution is 0.405. The van der Waals surface area contributed by atoms with Crippen LogP contribution in [0.25, 0.3) is 0 Å². The normalized spacial score (nSPS) is 12.6. The summed E-state index contributed by atoms with van der Waals surface area (Å²) >= 11 is 3.64. The molecule has 0 radical (unpaired) electrons. The third-order valence-corrected chi connectivity index (χ3v) is 4.53. The fourth-order valence-corrected chi connectivity index (χ4v) is 2.89. The number of aromatic nitrogens is 2. The van der Waals surface area contributed by atoms with Gasteiger partial charge in [-0.2, -0.15) is 5.10 Å². The summed E-state index contributed by atoms with van der Waals surface area (Å²) in [7, 11) is 1.73. The van der Waals surface area contributed by atoms with Crippen molar-refractivity contribution in [2.24, 2.45) is 5.92 Å². The van der Waals surface area contributed by atoms with Crippen molar-refractivity contribution in [2.45, 2.75) is 32.7 Å². The van der Waals surface area contributed by atoms with Crippen LogP contribution in [0, 0.1) is 5.92 Å². The minimum atomic E-state index is 0.412. The Bertz CT molecular complexity index is 565. The molecule has 0 aliphatic heterocycles. The number of hydrogen-bond donors (Lipinski definition) is 0. The average molecular weight is 351 g/mol. The molecule has 0 fully saturated rings. The zero-order valence-corrected chi connectivity index (χ0v) is 14.5. The van der Waals surface area contributed by atoms with Gasteiger partial charge in [-0.25, -0.2) is 0 Å². The van der Waals surface area contributed by atoms with Crippen molar-refractivity contribution >= 4 is 15.9 Å². The Hall–Kier alpha value is -1.29. The van der Waals surface area contributed by atoms with Crippen molar-refractivity contribution in [2.75, 3.05) is 12.4 Å². The molecule has 0 spiro atoms. The van der Waals surface area contributed by atoms with Gasteiger partial charge < -0.3 is 4.74 Å². The second kappa shape index (κ2) is 7.64. The highest BCUT2D eigenvalue weighted by atomic mass is 79.9. The summed E-state index contributed by atoms with van der Waals surface area (Å²) in [5.41, 5.74) is 2.41. The highest BCUT2D eigenvalue weighted by Gasteiger charge is 2.14. The van der Waals surface area contributed by atoms with Gasteiger partial charge in [-0.1, -0.05) is 34.1 Å². The van der Waals surface area contributed by atoms with Crippen LogP contribution in [0.2, 0.25) is 0 Å². The second-order valence-corrected chi connectivity index (χ2v) is 6.27. The molecule has 4 heteroatoms. The van der Waals surface area contributed by atoms with Crippen LogP contribution in [0.3, 0.4) is 0 Å². The zero-order valence-electron chi connectivity index (χ0n) is 12.9. The number of para-hydroxylation sites is 1. The molecule has 0 saturated carbocycles. The van der Waals surface area contributed by atoms with Crippen molar-refractivity contribution < 1.29 is 4.74 Å². The van der Waals surface area contributed by atoms with Crippen molar-refractivity contribution in [1.29, 1.82) is 0 Å². The molecule has 0 bridgehead atoms. The van der Waals surface area contributed by atoms with Crippen LogP contribution in [0.1, 0.15) is 31.1 Å². The van der Waals surface area contributed by atoms with Crippen LogP contribution in [0.5, 0.6) is 5.75 Å². The van der Waals surface area contributed by atoms with Gasteiger partial charge in [0.2, 0.25) is 0 Å². The van der Waals surface area contributed by atoms with E-state index in [9.17, 15) is 0 Å². The molecule has 1 aromatic heterocycles. The predicted octanol–water partition coefficient (Wildman–Crippen LogP) is 4.27. The molecule has 3 nitrogen and oxygen atoms in total. The smallest absolute Gasteiger partial charge is 0.122 e. The van der Waals surface area contributed by atoms with E-state index in [1.165, 1.54) is 5.56 Å². The maximum Gasteiger partial charge on any atom is 0.122 e. The maximum atomic E-state index is 5.44. The topological polar surface area (TPSA) is 27.1 Å². The van der Waals surface area contributed by atoms with Gasteiger partial charge in [0.1, 0.15) is 5.75 Å². The van der Waals surface area contributed by atoms with Crippen molar-refractivity contribution in [1.82, 2.24) is 9.78 Å². The van der Waals surface area contributed by atoms with Gasteiger partial charge in [-0.3, -0.25) is 4.68 Å². The molecule has 2 aromatic rings. The van der Waals surface area contributed by atoms with E-state index < -0.39 is 0 Å². The van der Waals surface area contributed by atoms with Gasteiger partial charge >= 0.3 is 0 Å². The van der Waals surface area contributed by atoms with E-state index in [1.807, 2.05) is 16.8 Å². The number of halogens is 1. The molecule has 0 amide bonds. The summed E-state index contributed by atoms with van der Waals surface area (Å²) in [5.74, 6) is 1.48. The van der Waals surface area contributed by atoms with E-state index in [0.29, 0.717) is 12.0 Å². The largest absolute Gasteiger partial charge is 0.496 e. The van der Waals surface area contributed by atoms with Gasteiger partial charge in [0, 0.05) is 17.6 Å². The SMILES string of the molecule is COc1ccccc1CC(CBr)Cc1ccn(C(C)C)n1. The van der Waals surface area contributed by atoms with Gasteiger partial charge in [-0.05, 0) is 50.3 Å². The summed E-state index contributed by atoms with van der Waals surface area (Å²) in [6, 6.07) is 10.8. The summed E-state index contributed by atoms with van der Waals surface area (Å²) in [6.07, 6.45) is 4.03. The van der Waals surface area contributed by atoms with E-state index in [1.54, 1.807) is 7.11 Å². The van der Waals surface area contributed by atoms with Gasteiger partial charge in [0.05, 0.1) is 12.8 Å². The lowest BCUT2D eigenvalue weighted by Crippen LogP contribution is -2.12. The molecule has 1 aromatic carbocycles. The minimum absolute atomic E-state index is 0.412. The first-order chi connectivity index (χ1) is 10.1. The molecule has 1 heterocycles. The number of ether oxygens (including phenoxy) is 1. The van der Waals surface area contributed by atoms with Crippen molar-refractivity contribution in [3.63, 3.8) is 0 Å². The molecule has 21 heavy (non-hydrogen) atoms. The Labute approximate surface area is 135 Å². The van der Waals surface area contributed by atoms with Gasteiger partial charge in [0.25, 0.3) is 0 Å².